The van der Waals surface area contributed by atoms with Gasteiger partial charge in [-0.05, 0) is 30.7 Å². The summed E-state index contributed by atoms with van der Waals surface area (Å²) >= 11 is 7.77. The van der Waals surface area contributed by atoms with Crippen LogP contribution in [0, 0.1) is 6.92 Å². The van der Waals surface area contributed by atoms with Crippen LogP contribution in [0.1, 0.15) is 16.7 Å². The molecule has 146 valence electrons. The number of hydrogen-bond donors (Lipinski definition) is 0. The SMILES string of the molecule is COCC(=O)N1CCSC12C(=O)N(Cc1ccc(C)cc1)c1ccc(Cl)cc12. The Morgan fingerprint density at radius 3 is 2.71 bits per heavy atom. The zero-order chi connectivity index (χ0) is 19.9. The molecule has 2 aromatic carbocycles. The molecule has 2 heterocycles. The summed E-state index contributed by atoms with van der Waals surface area (Å²) in [5.41, 5.74) is 3.79. The Labute approximate surface area is 173 Å². The Morgan fingerprint density at radius 2 is 2.00 bits per heavy atom. The number of benzene rings is 2. The Kier molecular flexibility index (Phi) is 5.12. The van der Waals surface area contributed by atoms with Crippen molar-refractivity contribution in [1.29, 1.82) is 0 Å². The van der Waals surface area contributed by atoms with Crippen LogP contribution in [-0.2, 0) is 25.7 Å². The number of carbonyl (C=O) groups is 2. The molecule has 0 saturated carbocycles. The summed E-state index contributed by atoms with van der Waals surface area (Å²) in [6.07, 6.45) is 0. The van der Waals surface area contributed by atoms with Gasteiger partial charge in [0.2, 0.25) is 5.91 Å². The summed E-state index contributed by atoms with van der Waals surface area (Å²) in [5, 5.41) is 0.551. The van der Waals surface area contributed by atoms with Gasteiger partial charge in [0, 0.05) is 30.0 Å². The lowest BCUT2D eigenvalue weighted by Gasteiger charge is -2.33. The molecule has 2 aromatic rings. The summed E-state index contributed by atoms with van der Waals surface area (Å²) in [6, 6.07) is 13.6. The molecule has 0 radical (unpaired) electrons. The molecule has 28 heavy (non-hydrogen) atoms. The van der Waals surface area contributed by atoms with Gasteiger partial charge in [-0.3, -0.25) is 9.59 Å². The molecular formula is C21H21ClN2O3S. The number of fused-ring (bicyclic) bond motifs is 2. The lowest BCUT2D eigenvalue weighted by atomic mass is 10.1. The van der Waals surface area contributed by atoms with Gasteiger partial charge in [0.05, 0.1) is 12.2 Å². The molecule has 0 aromatic heterocycles. The Bertz CT molecular complexity index is 934. The molecule has 7 heteroatoms. The number of anilines is 1. The van der Waals surface area contributed by atoms with E-state index in [9.17, 15) is 9.59 Å². The first-order valence-corrected chi connectivity index (χ1v) is 10.4. The van der Waals surface area contributed by atoms with Gasteiger partial charge in [-0.1, -0.05) is 41.4 Å². The molecular weight excluding hydrogens is 396 g/mol. The quantitative estimate of drug-likeness (QED) is 0.764. The number of thioether (sulfide) groups is 1. The van der Waals surface area contributed by atoms with Crippen LogP contribution in [0.3, 0.4) is 0 Å². The summed E-state index contributed by atoms with van der Waals surface area (Å²) in [7, 11) is 1.48. The average molecular weight is 417 g/mol. The van der Waals surface area contributed by atoms with Crippen LogP contribution in [-0.4, -0.2) is 42.7 Å². The zero-order valence-electron chi connectivity index (χ0n) is 15.8. The second kappa shape index (κ2) is 7.43. The Morgan fingerprint density at radius 1 is 1.25 bits per heavy atom. The third-order valence-electron chi connectivity index (χ3n) is 5.19. The van der Waals surface area contributed by atoms with Gasteiger partial charge in [0.15, 0.2) is 4.87 Å². The van der Waals surface area contributed by atoms with E-state index < -0.39 is 4.87 Å². The normalized spacial score (nSPS) is 20.9. The maximum atomic E-state index is 13.7. The minimum absolute atomic E-state index is 0.0521. The number of amides is 2. The first-order chi connectivity index (χ1) is 13.5. The van der Waals surface area contributed by atoms with Crippen LogP contribution < -0.4 is 4.90 Å². The largest absolute Gasteiger partial charge is 0.375 e. The molecule has 0 aliphatic carbocycles. The lowest BCUT2D eigenvalue weighted by molar-refractivity contribution is -0.143. The van der Waals surface area contributed by atoms with Crippen molar-refractivity contribution >= 4 is 40.9 Å². The van der Waals surface area contributed by atoms with Crippen molar-refractivity contribution in [2.24, 2.45) is 0 Å². The van der Waals surface area contributed by atoms with E-state index in [2.05, 4.69) is 0 Å². The van der Waals surface area contributed by atoms with Crippen molar-refractivity contribution in [1.82, 2.24) is 4.90 Å². The van der Waals surface area contributed by atoms with E-state index in [-0.39, 0.29) is 18.4 Å². The van der Waals surface area contributed by atoms with Gasteiger partial charge in [0.1, 0.15) is 6.61 Å². The second-order valence-electron chi connectivity index (χ2n) is 7.01. The number of methoxy groups -OCH3 is 1. The number of rotatable bonds is 4. The Hall–Kier alpha value is -2.02. The maximum absolute atomic E-state index is 13.7. The van der Waals surface area contributed by atoms with Crippen LogP contribution >= 0.6 is 23.4 Å². The molecule has 4 rings (SSSR count). The number of ether oxygens (including phenoxy) is 1. The fourth-order valence-electron chi connectivity index (χ4n) is 3.88. The molecule has 1 atom stereocenters. The average Bonchev–Trinajstić information content (AvgIpc) is 3.21. The molecule has 1 unspecified atom stereocenters. The third-order valence-corrected chi connectivity index (χ3v) is 6.84. The van der Waals surface area contributed by atoms with Crippen molar-refractivity contribution in [3.8, 4) is 0 Å². The summed E-state index contributed by atoms with van der Waals surface area (Å²) in [6.45, 7) is 2.93. The fourth-order valence-corrected chi connectivity index (χ4v) is 5.52. The van der Waals surface area contributed by atoms with E-state index in [1.807, 2.05) is 43.3 Å². The van der Waals surface area contributed by atoms with Gasteiger partial charge in [0.25, 0.3) is 5.91 Å². The summed E-state index contributed by atoms with van der Waals surface area (Å²) < 4.78 is 5.05. The van der Waals surface area contributed by atoms with E-state index in [0.29, 0.717) is 23.9 Å². The van der Waals surface area contributed by atoms with E-state index in [0.717, 1.165) is 16.8 Å². The predicted octanol–water partition coefficient (Wildman–Crippen LogP) is 3.57. The highest BCUT2D eigenvalue weighted by atomic mass is 35.5. The maximum Gasteiger partial charge on any atom is 0.268 e. The van der Waals surface area contributed by atoms with Gasteiger partial charge in [-0.2, -0.15) is 0 Å². The zero-order valence-corrected chi connectivity index (χ0v) is 17.3. The van der Waals surface area contributed by atoms with Crippen LogP contribution in [0.15, 0.2) is 42.5 Å². The minimum atomic E-state index is -1.07. The molecule has 2 amide bonds. The molecule has 1 spiro atoms. The number of hydrogen-bond acceptors (Lipinski definition) is 4. The number of halogens is 1. The van der Waals surface area contributed by atoms with E-state index >= 15 is 0 Å². The number of aryl methyl sites for hydroxylation is 1. The van der Waals surface area contributed by atoms with Crippen molar-refractivity contribution in [2.45, 2.75) is 18.3 Å². The summed E-state index contributed by atoms with van der Waals surface area (Å²) in [5.74, 6) is 0.396. The van der Waals surface area contributed by atoms with Crippen molar-refractivity contribution in [3.05, 3.63) is 64.2 Å². The van der Waals surface area contributed by atoms with Gasteiger partial charge in [-0.15, -0.1) is 11.8 Å². The van der Waals surface area contributed by atoms with E-state index in [1.54, 1.807) is 15.9 Å². The standard InChI is InChI=1S/C21H21ClN2O3S/c1-14-3-5-15(6-4-14)12-23-18-8-7-16(22)11-17(18)21(20(23)26)24(9-10-28-21)19(25)13-27-2/h3-8,11H,9-10,12-13H2,1-2H3. The van der Waals surface area contributed by atoms with E-state index in [1.165, 1.54) is 24.4 Å². The smallest absolute Gasteiger partial charge is 0.268 e. The van der Waals surface area contributed by atoms with Gasteiger partial charge < -0.3 is 14.5 Å². The predicted molar refractivity (Wildman–Crippen MR) is 112 cm³/mol. The van der Waals surface area contributed by atoms with Crippen LogP contribution in [0.2, 0.25) is 5.02 Å². The lowest BCUT2D eigenvalue weighted by Crippen LogP contribution is -2.51. The van der Waals surface area contributed by atoms with Crippen LogP contribution in [0.4, 0.5) is 5.69 Å². The first-order valence-electron chi connectivity index (χ1n) is 9.08. The fraction of sp³-hybridized carbons (Fsp3) is 0.333. The van der Waals surface area contributed by atoms with Crippen LogP contribution in [0.25, 0.3) is 0 Å². The van der Waals surface area contributed by atoms with Crippen LogP contribution in [0.5, 0.6) is 0 Å². The summed E-state index contributed by atoms with van der Waals surface area (Å²) in [4.78, 5) is 28.8. The van der Waals surface area contributed by atoms with Crippen molar-refractivity contribution in [3.63, 3.8) is 0 Å². The topological polar surface area (TPSA) is 49.9 Å². The molecule has 1 saturated heterocycles. The second-order valence-corrected chi connectivity index (χ2v) is 8.73. The monoisotopic (exact) mass is 416 g/mol. The molecule has 0 N–H and O–H groups in total. The minimum Gasteiger partial charge on any atom is -0.375 e. The number of carbonyl (C=O) groups excluding carboxylic acids is 2. The highest BCUT2D eigenvalue weighted by molar-refractivity contribution is 8.01. The highest BCUT2D eigenvalue weighted by Gasteiger charge is 2.59. The third kappa shape index (κ3) is 3.00. The van der Waals surface area contributed by atoms with Gasteiger partial charge in [-0.25, -0.2) is 0 Å². The molecule has 1 fully saturated rings. The molecule has 5 nitrogen and oxygen atoms in total. The highest BCUT2D eigenvalue weighted by Crippen LogP contribution is 2.54. The molecule has 2 aliphatic rings. The molecule has 0 bridgehead atoms. The molecule has 2 aliphatic heterocycles. The first kappa shape index (κ1) is 19.3. The van der Waals surface area contributed by atoms with Crippen molar-refractivity contribution in [2.75, 3.05) is 30.9 Å². The Balaban J connectivity index is 1.79. The van der Waals surface area contributed by atoms with Crippen molar-refractivity contribution < 1.29 is 14.3 Å². The number of nitrogens with zero attached hydrogens (tertiary/aromatic N) is 2. The van der Waals surface area contributed by atoms with Gasteiger partial charge >= 0.3 is 0 Å². The van der Waals surface area contributed by atoms with E-state index in [4.69, 9.17) is 16.3 Å².